The molecule has 2 heterocycles. The second-order valence-corrected chi connectivity index (χ2v) is 7.37. The number of carbonyl (C=O) groups excluding carboxylic acids is 3. The molecule has 0 spiro atoms. The van der Waals surface area contributed by atoms with Gasteiger partial charge in [0.1, 0.15) is 11.3 Å². The van der Waals surface area contributed by atoms with Crippen LogP contribution in [0.5, 0.6) is 0 Å². The molecule has 8 heteroatoms. The van der Waals surface area contributed by atoms with Gasteiger partial charge in [0.25, 0.3) is 5.91 Å². The second kappa shape index (κ2) is 7.25. The Labute approximate surface area is 171 Å². The number of hydrogen-bond donors (Lipinski definition) is 3. The van der Waals surface area contributed by atoms with Crippen molar-refractivity contribution in [3.8, 4) is 0 Å². The highest BCUT2D eigenvalue weighted by Gasteiger charge is 2.47. The van der Waals surface area contributed by atoms with Crippen LogP contribution in [-0.2, 0) is 15.1 Å². The predicted molar refractivity (Wildman–Crippen MR) is 109 cm³/mol. The van der Waals surface area contributed by atoms with Crippen molar-refractivity contribution in [2.24, 2.45) is 0 Å². The van der Waals surface area contributed by atoms with Gasteiger partial charge in [-0.25, -0.2) is 4.79 Å². The molecule has 2 aromatic carbocycles. The third-order valence-electron chi connectivity index (χ3n) is 4.91. The number of fused-ring (bicyclic) bond motifs is 1. The number of furan rings is 1. The molecule has 1 aliphatic heterocycles. The molecule has 3 aromatic rings. The van der Waals surface area contributed by atoms with Gasteiger partial charge in [-0.3, -0.25) is 14.9 Å². The summed E-state index contributed by atoms with van der Waals surface area (Å²) in [6, 6.07) is 13.5. The number of anilines is 1. The fourth-order valence-electron chi connectivity index (χ4n) is 3.57. The maximum Gasteiger partial charge on any atom is 0.322 e. The summed E-state index contributed by atoms with van der Waals surface area (Å²) in [4.78, 5) is 36.9. The minimum Gasteiger partial charge on any atom is -0.460 e. The van der Waals surface area contributed by atoms with Gasteiger partial charge in [0.05, 0.1) is 5.02 Å². The molecule has 0 unspecified atom stereocenters. The van der Waals surface area contributed by atoms with E-state index >= 15 is 0 Å². The molecule has 1 saturated heterocycles. The molecular formula is C21H18ClN3O4. The van der Waals surface area contributed by atoms with Crippen molar-refractivity contribution in [1.82, 2.24) is 10.6 Å². The molecule has 7 nitrogen and oxygen atoms in total. The van der Waals surface area contributed by atoms with Gasteiger partial charge in [-0.15, -0.1) is 0 Å². The molecular weight excluding hydrogens is 394 g/mol. The molecule has 4 amide bonds. The number of aryl methyl sites for hydroxylation is 1. The fraction of sp³-hybridized carbons (Fsp3) is 0.190. The Balaban J connectivity index is 1.52. The first-order valence-corrected chi connectivity index (χ1v) is 9.44. The number of amides is 4. The van der Waals surface area contributed by atoms with Crippen LogP contribution in [0.15, 0.2) is 52.9 Å². The predicted octanol–water partition coefficient (Wildman–Crippen LogP) is 3.85. The van der Waals surface area contributed by atoms with Crippen molar-refractivity contribution in [2.75, 3.05) is 5.32 Å². The Hall–Kier alpha value is -3.32. The highest BCUT2D eigenvalue weighted by Crippen LogP contribution is 2.32. The van der Waals surface area contributed by atoms with Gasteiger partial charge in [0.15, 0.2) is 5.58 Å². The van der Waals surface area contributed by atoms with Gasteiger partial charge in [-0.1, -0.05) is 41.9 Å². The zero-order chi connectivity index (χ0) is 20.6. The molecule has 1 aromatic heterocycles. The van der Waals surface area contributed by atoms with Gasteiger partial charge in [0, 0.05) is 17.5 Å². The van der Waals surface area contributed by atoms with E-state index in [1.165, 1.54) is 0 Å². The number of imide groups is 1. The Morgan fingerprint density at radius 1 is 1.17 bits per heavy atom. The lowest BCUT2D eigenvalue weighted by Gasteiger charge is -2.26. The van der Waals surface area contributed by atoms with Crippen LogP contribution in [0.1, 0.15) is 24.2 Å². The van der Waals surface area contributed by atoms with Crippen LogP contribution in [0.25, 0.3) is 11.0 Å². The smallest absolute Gasteiger partial charge is 0.322 e. The molecule has 3 N–H and O–H groups in total. The van der Waals surface area contributed by atoms with E-state index in [9.17, 15) is 14.4 Å². The molecule has 4 rings (SSSR count). The average Bonchev–Trinajstić information content (AvgIpc) is 3.20. The standard InChI is InChI=1S/C21H18ClN3O4/c1-12-9-13-10-15(11-16(22)18(13)29-12)23-17(26)7-8-21(14-5-3-2-4-6-14)19(27)24-20(28)25-21/h2-6,9-11H,7-8H2,1H3,(H,23,26)(H2,24,25,27,28)/t21-/m1/s1. The van der Waals surface area contributed by atoms with E-state index < -0.39 is 17.5 Å². The van der Waals surface area contributed by atoms with E-state index in [0.29, 0.717) is 21.9 Å². The lowest BCUT2D eigenvalue weighted by Crippen LogP contribution is -2.44. The molecule has 29 heavy (non-hydrogen) atoms. The zero-order valence-corrected chi connectivity index (χ0v) is 16.3. The quantitative estimate of drug-likeness (QED) is 0.555. The summed E-state index contributed by atoms with van der Waals surface area (Å²) in [7, 11) is 0. The average molecular weight is 412 g/mol. The van der Waals surface area contributed by atoms with E-state index in [4.69, 9.17) is 16.0 Å². The molecule has 0 bridgehead atoms. The first-order chi connectivity index (χ1) is 13.9. The third kappa shape index (κ3) is 3.56. The van der Waals surface area contributed by atoms with Gasteiger partial charge in [-0.05, 0) is 37.1 Å². The fourth-order valence-corrected chi connectivity index (χ4v) is 3.84. The first-order valence-electron chi connectivity index (χ1n) is 9.06. The van der Waals surface area contributed by atoms with Crippen LogP contribution in [0.3, 0.4) is 0 Å². The zero-order valence-electron chi connectivity index (χ0n) is 15.5. The van der Waals surface area contributed by atoms with Crippen LogP contribution in [0.2, 0.25) is 5.02 Å². The largest absolute Gasteiger partial charge is 0.460 e. The van der Waals surface area contributed by atoms with Crippen molar-refractivity contribution in [1.29, 1.82) is 0 Å². The minimum atomic E-state index is -1.28. The SMILES string of the molecule is Cc1cc2cc(NC(=O)CC[C@]3(c4ccccc4)NC(=O)NC3=O)cc(Cl)c2o1. The van der Waals surface area contributed by atoms with Crippen LogP contribution < -0.4 is 16.0 Å². The highest BCUT2D eigenvalue weighted by molar-refractivity contribution is 6.35. The number of urea groups is 1. The van der Waals surface area contributed by atoms with E-state index in [2.05, 4.69) is 16.0 Å². The Kier molecular flexibility index (Phi) is 4.76. The van der Waals surface area contributed by atoms with E-state index in [1.807, 2.05) is 19.1 Å². The molecule has 148 valence electrons. The van der Waals surface area contributed by atoms with E-state index in [1.54, 1.807) is 36.4 Å². The summed E-state index contributed by atoms with van der Waals surface area (Å²) in [5.41, 5.74) is 0.436. The van der Waals surface area contributed by atoms with Crippen molar-refractivity contribution in [3.05, 3.63) is 64.9 Å². The highest BCUT2D eigenvalue weighted by atomic mass is 35.5. The second-order valence-electron chi connectivity index (χ2n) is 6.96. The van der Waals surface area contributed by atoms with Crippen molar-refractivity contribution in [3.63, 3.8) is 0 Å². The van der Waals surface area contributed by atoms with Crippen molar-refractivity contribution in [2.45, 2.75) is 25.3 Å². The number of nitrogens with one attached hydrogen (secondary N) is 3. The normalized spacial score (nSPS) is 18.6. The summed E-state index contributed by atoms with van der Waals surface area (Å²) in [5, 5.41) is 8.91. The number of carbonyl (C=O) groups is 3. The molecule has 1 atom stereocenters. The number of benzene rings is 2. The summed E-state index contributed by atoms with van der Waals surface area (Å²) in [6.45, 7) is 1.82. The molecule has 1 fully saturated rings. The maximum atomic E-state index is 12.6. The van der Waals surface area contributed by atoms with Crippen LogP contribution >= 0.6 is 11.6 Å². The number of rotatable bonds is 5. The minimum absolute atomic E-state index is 0.0165. The summed E-state index contributed by atoms with van der Waals surface area (Å²) < 4.78 is 5.53. The summed E-state index contributed by atoms with van der Waals surface area (Å²) in [6.07, 6.45) is 0.129. The van der Waals surface area contributed by atoms with Crippen LogP contribution in [-0.4, -0.2) is 17.8 Å². The molecule has 1 aliphatic rings. The molecule has 0 saturated carbocycles. The Bertz CT molecular complexity index is 1130. The Morgan fingerprint density at radius 2 is 1.93 bits per heavy atom. The molecule has 0 radical (unpaired) electrons. The van der Waals surface area contributed by atoms with Gasteiger partial charge in [-0.2, -0.15) is 0 Å². The van der Waals surface area contributed by atoms with Crippen LogP contribution in [0.4, 0.5) is 10.5 Å². The number of halogens is 1. The van der Waals surface area contributed by atoms with E-state index in [0.717, 1.165) is 11.1 Å². The third-order valence-corrected chi connectivity index (χ3v) is 5.19. The lowest BCUT2D eigenvalue weighted by molar-refractivity contribution is -0.125. The molecule has 0 aliphatic carbocycles. The van der Waals surface area contributed by atoms with Gasteiger partial charge < -0.3 is 15.1 Å². The van der Waals surface area contributed by atoms with E-state index in [-0.39, 0.29) is 18.7 Å². The van der Waals surface area contributed by atoms with Crippen LogP contribution in [0, 0.1) is 6.92 Å². The van der Waals surface area contributed by atoms with Crippen molar-refractivity contribution >= 4 is 46.1 Å². The van der Waals surface area contributed by atoms with Gasteiger partial charge in [0.2, 0.25) is 5.91 Å². The van der Waals surface area contributed by atoms with Gasteiger partial charge >= 0.3 is 6.03 Å². The maximum absolute atomic E-state index is 12.6. The summed E-state index contributed by atoms with van der Waals surface area (Å²) in [5.74, 6) is -0.0529. The number of hydrogen-bond acceptors (Lipinski definition) is 4. The Morgan fingerprint density at radius 3 is 2.62 bits per heavy atom. The topological polar surface area (TPSA) is 100 Å². The first kappa shape index (κ1) is 19.0. The lowest BCUT2D eigenvalue weighted by atomic mass is 9.85. The summed E-state index contributed by atoms with van der Waals surface area (Å²) >= 11 is 6.23. The monoisotopic (exact) mass is 411 g/mol. The van der Waals surface area contributed by atoms with Crippen molar-refractivity contribution < 1.29 is 18.8 Å².